The number of ether oxygens (including phenoxy) is 1. The van der Waals surface area contributed by atoms with E-state index in [4.69, 9.17) is 15.3 Å². The van der Waals surface area contributed by atoms with Crippen LogP contribution in [0, 0.1) is 22.7 Å². The fraction of sp³-hybridized carbons (Fsp3) is 0.222. The molecule has 1 aromatic rings. The summed E-state index contributed by atoms with van der Waals surface area (Å²) in [6.45, 7) is 0. The normalized spacial score (nSPS) is 13.4. The van der Waals surface area contributed by atoms with Crippen LogP contribution < -0.4 is 4.90 Å². The quantitative estimate of drug-likeness (QED) is 0.848. The summed E-state index contributed by atoms with van der Waals surface area (Å²) in [6, 6.07) is 9.63. The van der Waals surface area contributed by atoms with E-state index in [1.807, 2.05) is 73.6 Å². The fourth-order valence-corrected chi connectivity index (χ4v) is 2.14. The minimum absolute atomic E-state index is 0.710. The molecule has 0 aliphatic carbocycles. The van der Waals surface area contributed by atoms with Crippen molar-refractivity contribution in [1.29, 1.82) is 10.5 Å². The van der Waals surface area contributed by atoms with Crippen LogP contribution in [0.2, 0.25) is 0 Å². The van der Waals surface area contributed by atoms with Gasteiger partial charge in [0.05, 0.1) is 18.4 Å². The van der Waals surface area contributed by atoms with Gasteiger partial charge < -0.3 is 9.64 Å². The molecular weight excluding hydrogens is 274 g/mol. The third kappa shape index (κ3) is 3.56. The SMILES string of the molecule is CN(C)c1cc(C(C#N)C#N)ccc1/C=C/C1=CCC=CO1. The number of hydrogen-bond acceptors (Lipinski definition) is 4. The second-order valence-electron chi connectivity index (χ2n) is 5.07. The Morgan fingerprint density at radius 3 is 2.59 bits per heavy atom. The molecule has 0 atom stereocenters. The summed E-state index contributed by atoms with van der Waals surface area (Å²) in [5.74, 6) is 0.0643. The average molecular weight is 291 g/mol. The summed E-state index contributed by atoms with van der Waals surface area (Å²) >= 11 is 0. The largest absolute Gasteiger partial charge is 0.466 e. The molecule has 4 heteroatoms. The molecular formula is C18H17N3O. The van der Waals surface area contributed by atoms with Crippen molar-refractivity contribution in [3.63, 3.8) is 0 Å². The van der Waals surface area contributed by atoms with E-state index >= 15 is 0 Å². The first kappa shape index (κ1) is 15.4. The Hall–Kier alpha value is -2.98. The first-order valence-electron chi connectivity index (χ1n) is 6.96. The van der Waals surface area contributed by atoms with Crippen LogP contribution in [-0.4, -0.2) is 14.1 Å². The molecule has 0 saturated carbocycles. The Balaban J connectivity index is 2.32. The number of anilines is 1. The van der Waals surface area contributed by atoms with Crippen molar-refractivity contribution in [3.05, 3.63) is 59.6 Å². The molecule has 0 saturated heterocycles. The smallest absolute Gasteiger partial charge is 0.158 e. The van der Waals surface area contributed by atoms with Crippen molar-refractivity contribution in [2.45, 2.75) is 12.3 Å². The Morgan fingerprint density at radius 1 is 1.23 bits per heavy atom. The molecule has 22 heavy (non-hydrogen) atoms. The van der Waals surface area contributed by atoms with E-state index in [0.29, 0.717) is 5.56 Å². The summed E-state index contributed by atoms with van der Waals surface area (Å²) in [5, 5.41) is 18.0. The number of rotatable bonds is 4. The number of allylic oxidation sites excluding steroid dienone is 3. The Labute approximate surface area is 130 Å². The van der Waals surface area contributed by atoms with Crippen molar-refractivity contribution in [1.82, 2.24) is 0 Å². The molecule has 1 aliphatic heterocycles. The van der Waals surface area contributed by atoms with Crippen LogP contribution in [0.3, 0.4) is 0 Å². The molecule has 0 spiro atoms. The number of nitriles is 2. The van der Waals surface area contributed by atoms with Crippen molar-refractivity contribution in [2.24, 2.45) is 0 Å². The van der Waals surface area contributed by atoms with Crippen LogP contribution in [0.1, 0.15) is 23.5 Å². The third-order valence-corrected chi connectivity index (χ3v) is 3.31. The minimum Gasteiger partial charge on any atom is -0.466 e. The summed E-state index contributed by atoms with van der Waals surface area (Å²) in [7, 11) is 3.87. The summed E-state index contributed by atoms with van der Waals surface area (Å²) in [6.07, 6.45) is 10.4. The monoisotopic (exact) mass is 291 g/mol. The highest BCUT2D eigenvalue weighted by atomic mass is 16.5. The van der Waals surface area contributed by atoms with Crippen molar-refractivity contribution in [2.75, 3.05) is 19.0 Å². The van der Waals surface area contributed by atoms with Crippen LogP contribution in [0.15, 0.2) is 48.4 Å². The van der Waals surface area contributed by atoms with Crippen LogP contribution in [0.5, 0.6) is 0 Å². The lowest BCUT2D eigenvalue weighted by molar-refractivity contribution is 0.359. The third-order valence-electron chi connectivity index (χ3n) is 3.31. The van der Waals surface area contributed by atoms with Gasteiger partial charge in [-0.3, -0.25) is 0 Å². The average Bonchev–Trinajstić information content (AvgIpc) is 2.55. The molecule has 110 valence electrons. The second kappa shape index (κ2) is 7.15. The molecule has 0 N–H and O–H groups in total. The topological polar surface area (TPSA) is 60.0 Å². The van der Waals surface area contributed by atoms with Gasteiger partial charge in [-0.25, -0.2) is 0 Å². The maximum absolute atomic E-state index is 9.02. The van der Waals surface area contributed by atoms with Gasteiger partial charge in [-0.05, 0) is 47.9 Å². The maximum atomic E-state index is 9.02. The van der Waals surface area contributed by atoms with Gasteiger partial charge in [0, 0.05) is 19.8 Å². The standard InChI is InChI=1S/C18H17N3O/c1-21(2)18-11-15(16(12-19)13-20)7-6-14(18)8-9-17-5-3-4-10-22-17/h4-11,16H,3H2,1-2H3/b9-8+. The molecule has 1 aromatic carbocycles. The predicted octanol–water partition coefficient (Wildman–Crippen LogP) is 3.71. The summed E-state index contributed by atoms with van der Waals surface area (Å²) < 4.78 is 5.39. The van der Waals surface area contributed by atoms with E-state index in [1.54, 1.807) is 6.26 Å². The van der Waals surface area contributed by atoms with Crippen LogP contribution >= 0.6 is 0 Å². The van der Waals surface area contributed by atoms with E-state index in [9.17, 15) is 0 Å². The van der Waals surface area contributed by atoms with Gasteiger partial charge in [0.15, 0.2) is 5.92 Å². The zero-order valence-corrected chi connectivity index (χ0v) is 12.7. The molecule has 2 rings (SSSR count). The molecule has 0 fully saturated rings. The molecule has 1 heterocycles. The highest BCUT2D eigenvalue weighted by molar-refractivity contribution is 5.69. The lowest BCUT2D eigenvalue weighted by Gasteiger charge is -2.17. The van der Waals surface area contributed by atoms with Crippen LogP contribution in [0.25, 0.3) is 6.08 Å². The minimum atomic E-state index is -0.744. The molecule has 0 aromatic heterocycles. The van der Waals surface area contributed by atoms with E-state index in [0.717, 1.165) is 23.4 Å². The Bertz CT molecular complexity index is 701. The van der Waals surface area contributed by atoms with Crippen LogP contribution in [0.4, 0.5) is 5.69 Å². The van der Waals surface area contributed by atoms with Gasteiger partial charge in [-0.2, -0.15) is 10.5 Å². The predicted molar refractivity (Wildman–Crippen MR) is 86.7 cm³/mol. The van der Waals surface area contributed by atoms with E-state index in [2.05, 4.69) is 0 Å². The Kier molecular flexibility index (Phi) is 5.01. The summed E-state index contributed by atoms with van der Waals surface area (Å²) in [4.78, 5) is 1.96. The zero-order valence-electron chi connectivity index (χ0n) is 12.7. The van der Waals surface area contributed by atoms with E-state index in [-0.39, 0.29) is 0 Å². The van der Waals surface area contributed by atoms with Gasteiger partial charge >= 0.3 is 0 Å². The van der Waals surface area contributed by atoms with Crippen molar-refractivity contribution < 1.29 is 4.74 Å². The van der Waals surface area contributed by atoms with Gasteiger partial charge in [0.1, 0.15) is 5.76 Å². The van der Waals surface area contributed by atoms with Gasteiger partial charge in [0.2, 0.25) is 0 Å². The van der Waals surface area contributed by atoms with Crippen molar-refractivity contribution >= 4 is 11.8 Å². The first-order chi connectivity index (χ1) is 10.7. The molecule has 0 radical (unpaired) electrons. The molecule has 4 nitrogen and oxygen atoms in total. The maximum Gasteiger partial charge on any atom is 0.158 e. The molecule has 0 unspecified atom stereocenters. The lowest BCUT2D eigenvalue weighted by Crippen LogP contribution is -2.11. The van der Waals surface area contributed by atoms with Gasteiger partial charge in [-0.1, -0.05) is 12.1 Å². The van der Waals surface area contributed by atoms with E-state index in [1.165, 1.54) is 0 Å². The fourth-order valence-electron chi connectivity index (χ4n) is 2.14. The second-order valence-corrected chi connectivity index (χ2v) is 5.07. The molecule has 0 bridgehead atoms. The first-order valence-corrected chi connectivity index (χ1v) is 6.96. The van der Waals surface area contributed by atoms with Gasteiger partial charge in [0.25, 0.3) is 0 Å². The zero-order chi connectivity index (χ0) is 15.9. The van der Waals surface area contributed by atoms with Crippen molar-refractivity contribution in [3.8, 4) is 12.1 Å². The molecule has 1 aliphatic rings. The number of benzene rings is 1. The number of hydrogen-bond donors (Lipinski definition) is 0. The highest BCUT2D eigenvalue weighted by Gasteiger charge is 2.12. The van der Waals surface area contributed by atoms with Crippen LogP contribution in [-0.2, 0) is 4.74 Å². The number of nitrogens with zero attached hydrogens (tertiary/aromatic N) is 3. The van der Waals surface area contributed by atoms with E-state index < -0.39 is 5.92 Å². The summed E-state index contributed by atoms with van der Waals surface area (Å²) in [5.41, 5.74) is 2.67. The highest BCUT2D eigenvalue weighted by Crippen LogP contribution is 2.26. The Morgan fingerprint density at radius 2 is 2.00 bits per heavy atom. The molecule has 0 amide bonds. The van der Waals surface area contributed by atoms with Gasteiger partial charge in [-0.15, -0.1) is 0 Å². The lowest BCUT2D eigenvalue weighted by atomic mass is 9.98.